The molecule has 0 aromatic heterocycles. The van der Waals surface area contributed by atoms with Gasteiger partial charge in [0, 0.05) is 18.6 Å². The van der Waals surface area contributed by atoms with Crippen LogP contribution in [0.15, 0.2) is 42.5 Å². The van der Waals surface area contributed by atoms with Crippen LogP contribution < -0.4 is 5.32 Å². The molecule has 1 aliphatic carbocycles. The Morgan fingerprint density at radius 1 is 1.14 bits per heavy atom. The SMILES string of the molecule is CCCNC(CN(C)C1CC1)c1ccc2ccccc2c1. The monoisotopic (exact) mass is 282 g/mol. The Kier molecular flexibility index (Phi) is 4.57. The number of nitrogens with zero attached hydrogens (tertiary/aromatic N) is 1. The lowest BCUT2D eigenvalue weighted by atomic mass is 10.0. The maximum absolute atomic E-state index is 3.72. The molecule has 0 saturated heterocycles. The fourth-order valence-electron chi connectivity index (χ4n) is 2.98. The Hall–Kier alpha value is -1.38. The van der Waals surface area contributed by atoms with Gasteiger partial charge in [-0.05, 0) is 55.3 Å². The summed E-state index contributed by atoms with van der Waals surface area (Å²) in [4.78, 5) is 2.52. The van der Waals surface area contributed by atoms with E-state index < -0.39 is 0 Å². The molecule has 2 nitrogen and oxygen atoms in total. The zero-order valence-electron chi connectivity index (χ0n) is 13.2. The molecular formula is C19H26N2. The summed E-state index contributed by atoms with van der Waals surface area (Å²) in [7, 11) is 2.26. The lowest BCUT2D eigenvalue weighted by Crippen LogP contribution is -2.34. The van der Waals surface area contributed by atoms with Crippen LogP contribution in [0.25, 0.3) is 10.8 Å². The van der Waals surface area contributed by atoms with Crippen molar-refractivity contribution >= 4 is 10.8 Å². The number of hydrogen-bond donors (Lipinski definition) is 1. The minimum absolute atomic E-state index is 0.431. The van der Waals surface area contributed by atoms with Crippen molar-refractivity contribution in [1.82, 2.24) is 10.2 Å². The van der Waals surface area contributed by atoms with Gasteiger partial charge in [-0.3, -0.25) is 0 Å². The molecule has 1 fully saturated rings. The molecule has 0 heterocycles. The average Bonchev–Trinajstić information content (AvgIpc) is 3.35. The fraction of sp³-hybridized carbons (Fsp3) is 0.474. The molecule has 0 bridgehead atoms. The van der Waals surface area contributed by atoms with Gasteiger partial charge < -0.3 is 10.2 Å². The molecule has 2 aromatic rings. The van der Waals surface area contributed by atoms with E-state index in [1.54, 1.807) is 0 Å². The van der Waals surface area contributed by atoms with Gasteiger partial charge in [-0.25, -0.2) is 0 Å². The molecule has 1 aliphatic rings. The van der Waals surface area contributed by atoms with Gasteiger partial charge in [0.1, 0.15) is 0 Å². The third-order valence-corrected chi connectivity index (χ3v) is 4.46. The summed E-state index contributed by atoms with van der Waals surface area (Å²) in [6.07, 6.45) is 3.92. The van der Waals surface area contributed by atoms with Gasteiger partial charge >= 0.3 is 0 Å². The van der Waals surface area contributed by atoms with Crippen molar-refractivity contribution in [2.24, 2.45) is 0 Å². The highest BCUT2D eigenvalue weighted by Gasteiger charge is 2.27. The molecule has 2 heteroatoms. The second kappa shape index (κ2) is 6.59. The normalized spacial score (nSPS) is 16.5. The molecule has 2 aromatic carbocycles. The van der Waals surface area contributed by atoms with Crippen molar-refractivity contribution in [3.8, 4) is 0 Å². The van der Waals surface area contributed by atoms with Crippen molar-refractivity contribution in [3.63, 3.8) is 0 Å². The first kappa shape index (κ1) is 14.6. The molecule has 3 rings (SSSR count). The van der Waals surface area contributed by atoms with E-state index in [2.05, 4.69) is 66.7 Å². The Morgan fingerprint density at radius 3 is 2.62 bits per heavy atom. The second-order valence-electron chi connectivity index (χ2n) is 6.28. The quantitative estimate of drug-likeness (QED) is 0.826. The van der Waals surface area contributed by atoms with Crippen molar-refractivity contribution in [2.75, 3.05) is 20.1 Å². The highest BCUT2D eigenvalue weighted by Crippen LogP contribution is 2.28. The van der Waals surface area contributed by atoms with Gasteiger partial charge in [0.25, 0.3) is 0 Å². The first-order valence-electron chi connectivity index (χ1n) is 8.20. The maximum Gasteiger partial charge on any atom is 0.0449 e. The first-order chi connectivity index (χ1) is 10.3. The molecule has 1 unspecified atom stereocenters. The summed E-state index contributed by atoms with van der Waals surface area (Å²) in [5, 5.41) is 6.39. The van der Waals surface area contributed by atoms with E-state index in [1.807, 2.05) is 0 Å². The number of nitrogens with one attached hydrogen (secondary N) is 1. The van der Waals surface area contributed by atoms with Gasteiger partial charge in [-0.15, -0.1) is 0 Å². The van der Waals surface area contributed by atoms with Crippen LogP contribution in [-0.2, 0) is 0 Å². The van der Waals surface area contributed by atoms with Gasteiger partial charge in [-0.2, -0.15) is 0 Å². The molecule has 0 amide bonds. The van der Waals surface area contributed by atoms with Crippen LogP contribution in [0, 0.1) is 0 Å². The number of rotatable bonds is 7. The molecule has 0 aliphatic heterocycles. The Balaban J connectivity index is 1.81. The molecule has 1 saturated carbocycles. The van der Waals surface area contributed by atoms with Crippen molar-refractivity contribution in [3.05, 3.63) is 48.0 Å². The summed E-state index contributed by atoms with van der Waals surface area (Å²) in [6, 6.07) is 16.8. The predicted octanol–water partition coefficient (Wildman–Crippen LogP) is 3.97. The smallest absolute Gasteiger partial charge is 0.0449 e. The van der Waals surface area contributed by atoms with Crippen LogP contribution in [0.2, 0.25) is 0 Å². The van der Waals surface area contributed by atoms with E-state index >= 15 is 0 Å². The summed E-state index contributed by atoms with van der Waals surface area (Å²) in [5.74, 6) is 0. The number of hydrogen-bond acceptors (Lipinski definition) is 2. The van der Waals surface area contributed by atoms with E-state index in [1.165, 1.54) is 35.6 Å². The highest BCUT2D eigenvalue weighted by molar-refractivity contribution is 5.83. The summed E-state index contributed by atoms with van der Waals surface area (Å²) in [6.45, 7) is 4.41. The van der Waals surface area contributed by atoms with Crippen molar-refractivity contribution < 1.29 is 0 Å². The van der Waals surface area contributed by atoms with Gasteiger partial charge in [0.05, 0.1) is 0 Å². The number of fused-ring (bicyclic) bond motifs is 1. The van der Waals surface area contributed by atoms with Gasteiger partial charge in [-0.1, -0.05) is 43.3 Å². The summed E-state index contributed by atoms with van der Waals surface area (Å²) < 4.78 is 0. The topological polar surface area (TPSA) is 15.3 Å². The van der Waals surface area contributed by atoms with Crippen LogP contribution in [0.5, 0.6) is 0 Å². The minimum atomic E-state index is 0.431. The van der Waals surface area contributed by atoms with Crippen LogP contribution >= 0.6 is 0 Å². The van der Waals surface area contributed by atoms with Crippen LogP contribution in [0.4, 0.5) is 0 Å². The minimum Gasteiger partial charge on any atom is -0.309 e. The van der Waals surface area contributed by atoms with E-state index in [0.717, 1.165) is 19.1 Å². The molecule has 21 heavy (non-hydrogen) atoms. The van der Waals surface area contributed by atoms with Gasteiger partial charge in [0.15, 0.2) is 0 Å². The zero-order chi connectivity index (χ0) is 14.7. The molecule has 1 atom stereocenters. The van der Waals surface area contributed by atoms with Crippen molar-refractivity contribution in [1.29, 1.82) is 0 Å². The lowest BCUT2D eigenvalue weighted by Gasteiger charge is -2.25. The summed E-state index contributed by atoms with van der Waals surface area (Å²) in [5.41, 5.74) is 1.41. The van der Waals surface area contributed by atoms with E-state index in [-0.39, 0.29) is 0 Å². The standard InChI is InChI=1S/C19H26N2/c1-3-12-20-19(14-21(2)18-10-11-18)17-9-8-15-6-4-5-7-16(15)13-17/h4-9,13,18-20H,3,10-12,14H2,1-2H3. The number of benzene rings is 2. The highest BCUT2D eigenvalue weighted by atomic mass is 15.2. The largest absolute Gasteiger partial charge is 0.309 e. The van der Waals surface area contributed by atoms with E-state index in [0.29, 0.717) is 6.04 Å². The molecule has 0 radical (unpaired) electrons. The predicted molar refractivity (Wildman–Crippen MR) is 90.6 cm³/mol. The average molecular weight is 282 g/mol. The molecule has 1 N–H and O–H groups in total. The molecule has 112 valence electrons. The Labute approximate surface area is 128 Å². The Bertz CT molecular complexity index is 589. The third-order valence-electron chi connectivity index (χ3n) is 4.46. The second-order valence-corrected chi connectivity index (χ2v) is 6.28. The lowest BCUT2D eigenvalue weighted by molar-refractivity contribution is 0.281. The zero-order valence-corrected chi connectivity index (χ0v) is 13.2. The maximum atomic E-state index is 3.72. The Morgan fingerprint density at radius 2 is 1.90 bits per heavy atom. The van der Waals surface area contributed by atoms with Crippen molar-refractivity contribution in [2.45, 2.75) is 38.3 Å². The van der Waals surface area contributed by atoms with Gasteiger partial charge in [0.2, 0.25) is 0 Å². The first-order valence-corrected chi connectivity index (χ1v) is 8.20. The third kappa shape index (κ3) is 3.63. The van der Waals surface area contributed by atoms with E-state index in [9.17, 15) is 0 Å². The summed E-state index contributed by atoms with van der Waals surface area (Å²) >= 11 is 0. The molecule has 0 spiro atoms. The molecular weight excluding hydrogens is 256 g/mol. The van der Waals surface area contributed by atoms with Crippen LogP contribution in [0.3, 0.4) is 0 Å². The fourth-order valence-corrected chi connectivity index (χ4v) is 2.98. The van der Waals surface area contributed by atoms with Crippen LogP contribution in [-0.4, -0.2) is 31.1 Å². The van der Waals surface area contributed by atoms with Crippen LogP contribution in [0.1, 0.15) is 37.8 Å². The van der Waals surface area contributed by atoms with E-state index in [4.69, 9.17) is 0 Å². The number of likely N-dealkylation sites (N-methyl/N-ethyl adjacent to an activating group) is 1.